The van der Waals surface area contributed by atoms with Gasteiger partial charge in [-0.3, -0.25) is 9.59 Å². The Hall–Kier alpha value is -4.07. The molecule has 156 valence electrons. The van der Waals surface area contributed by atoms with E-state index in [-0.39, 0.29) is 5.76 Å². The first-order valence-corrected chi connectivity index (χ1v) is 9.57. The molecule has 3 aromatic rings. The van der Waals surface area contributed by atoms with Gasteiger partial charge in [0.1, 0.15) is 11.6 Å². The number of furan rings is 1. The van der Waals surface area contributed by atoms with Gasteiger partial charge < -0.3 is 24.0 Å². The molecule has 8 heteroatoms. The molecule has 0 bridgehead atoms. The number of methoxy groups -OCH3 is 2. The van der Waals surface area contributed by atoms with Crippen molar-refractivity contribution in [2.45, 2.75) is 5.60 Å². The maximum Gasteiger partial charge on any atom is 0.277 e. The number of benzene rings is 2. The molecule has 1 aromatic heterocycles. The van der Waals surface area contributed by atoms with Crippen LogP contribution in [0.3, 0.4) is 0 Å². The summed E-state index contributed by atoms with van der Waals surface area (Å²) in [5.41, 5.74) is 0.353. The highest BCUT2D eigenvalue weighted by Gasteiger charge is 2.63. The van der Waals surface area contributed by atoms with Gasteiger partial charge >= 0.3 is 0 Å². The number of nitrogens with one attached hydrogen (secondary N) is 1. The summed E-state index contributed by atoms with van der Waals surface area (Å²) >= 11 is 0. The van der Waals surface area contributed by atoms with E-state index in [4.69, 9.17) is 18.7 Å². The van der Waals surface area contributed by atoms with Crippen molar-refractivity contribution in [3.63, 3.8) is 0 Å². The van der Waals surface area contributed by atoms with E-state index in [1.807, 2.05) is 0 Å². The normalized spacial score (nSPS) is 21.3. The number of rotatable bonds is 5. The number of carbonyl (C=O) groups is 2. The van der Waals surface area contributed by atoms with Crippen LogP contribution >= 0.6 is 0 Å². The Balaban J connectivity index is 1.68. The van der Waals surface area contributed by atoms with Gasteiger partial charge in [0.2, 0.25) is 5.78 Å². The average molecular weight is 418 g/mol. The second kappa shape index (κ2) is 7.02. The number of oxime groups is 1. The summed E-state index contributed by atoms with van der Waals surface area (Å²) in [4.78, 5) is 32.6. The third-order valence-corrected chi connectivity index (χ3v) is 5.59. The maximum absolute atomic E-state index is 13.6. The largest absolute Gasteiger partial charge is 0.493 e. The zero-order valence-electron chi connectivity index (χ0n) is 16.7. The molecule has 2 aliphatic rings. The van der Waals surface area contributed by atoms with Crippen LogP contribution in [-0.2, 0) is 15.2 Å². The van der Waals surface area contributed by atoms with E-state index >= 15 is 0 Å². The van der Waals surface area contributed by atoms with Gasteiger partial charge in [-0.25, -0.2) is 0 Å². The van der Waals surface area contributed by atoms with Crippen LogP contribution in [0.25, 0.3) is 0 Å². The molecular formula is C23H18N2O6. The number of Topliss-reactive ketones (excluding diaryl/α,β-unsaturated/α-hetero) is 1. The third kappa shape index (κ3) is 2.64. The molecular weight excluding hydrogens is 400 g/mol. The first kappa shape index (κ1) is 18.9. The van der Waals surface area contributed by atoms with Gasteiger partial charge in [0.15, 0.2) is 17.3 Å². The second-order valence-corrected chi connectivity index (χ2v) is 7.15. The molecule has 0 saturated heterocycles. The molecule has 0 fully saturated rings. The van der Waals surface area contributed by atoms with Crippen molar-refractivity contribution in [2.75, 3.05) is 19.5 Å². The third-order valence-electron chi connectivity index (χ3n) is 5.59. The molecule has 2 aliphatic heterocycles. The van der Waals surface area contributed by atoms with Gasteiger partial charge in [-0.1, -0.05) is 23.4 Å². The fourth-order valence-corrected chi connectivity index (χ4v) is 4.13. The number of ether oxygens (including phenoxy) is 2. The summed E-state index contributed by atoms with van der Waals surface area (Å²) in [5.74, 6) is -0.844. The number of nitrogens with zero attached hydrogens (tertiary/aromatic N) is 1. The Morgan fingerprint density at radius 3 is 2.61 bits per heavy atom. The second-order valence-electron chi connectivity index (χ2n) is 7.15. The zero-order valence-corrected chi connectivity index (χ0v) is 16.7. The fraction of sp³-hybridized carbons (Fsp3) is 0.174. The smallest absolute Gasteiger partial charge is 0.277 e. The lowest BCUT2D eigenvalue weighted by atomic mass is 9.75. The molecule has 0 radical (unpaired) electrons. The van der Waals surface area contributed by atoms with Gasteiger partial charge in [-0.2, -0.15) is 0 Å². The number of para-hydroxylation sites is 1. The topological polar surface area (TPSA) is 99.4 Å². The summed E-state index contributed by atoms with van der Waals surface area (Å²) in [6.07, 6.45) is 1.41. The summed E-state index contributed by atoms with van der Waals surface area (Å²) < 4.78 is 16.1. The Morgan fingerprint density at radius 1 is 1.06 bits per heavy atom. The van der Waals surface area contributed by atoms with E-state index in [0.717, 1.165) is 0 Å². The number of hydrogen-bond acceptors (Lipinski definition) is 7. The van der Waals surface area contributed by atoms with Gasteiger partial charge in [0.25, 0.3) is 11.5 Å². The van der Waals surface area contributed by atoms with Crippen molar-refractivity contribution in [2.24, 2.45) is 11.1 Å². The van der Waals surface area contributed by atoms with Crippen molar-refractivity contribution < 1.29 is 28.3 Å². The van der Waals surface area contributed by atoms with Crippen molar-refractivity contribution in [1.29, 1.82) is 0 Å². The minimum Gasteiger partial charge on any atom is -0.493 e. The molecule has 0 aliphatic carbocycles. The van der Waals surface area contributed by atoms with Gasteiger partial charge in [0.05, 0.1) is 20.5 Å². The van der Waals surface area contributed by atoms with Gasteiger partial charge in [-0.05, 0) is 36.4 Å². The van der Waals surface area contributed by atoms with E-state index in [2.05, 4.69) is 10.5 Å². The van der Waals surface area contributed by atoms with E-state index in [1.165, 1.54) is 20.5 Å². The van der Waals surface area contributed by atoms with Crippen LogP contribution in [0.15, 0.2) is 70.4 Å². The van der Waals surface area contributed by atoms with Crippen LogP contribution in [0.2, 0.25) is 0 Å². The molecule has 1 spiro atoms. The predicted molar refractivity (Wildman–Crippen MR) is 110 cm³/mol. The highest BCUT2D eigenvalue weighted by Crippen LogP contribution is 2.50. The quantitative estimate of drug-likeness (QED) is 0.638. The number of ketones is 1. The average Bonchev–Trinajstić information content (AvgIpc) is 3.53. The Morgan fingerprint density at radius 2 is 1.87 bits per heavy atom. The van der Waals surface area contributed by atoms with E-state index < -0.39 is 23.2 Å². The lowest BCUT2D eigenvalue weighted by Gasteiger charge is -2.26. The maximum atomic E-state index is 13.6. The van der Waals surface area contributed by atoms with Crippen LogP contribution in [0.5, 0.6) is 11.5 Å². The molecule has 1 amide bonds. The van der Waals surface area contributed by atoms with Gasteiger partial charge in [-0.15, -0.1) is 0 Å². The van der Waals surface area contributed by atoms with Crippen LogP contribution in [0.4, 0.5) is 5.69 Å². The highest BCUT2D eigenvalue weighted by atomic mass is 16.7. The SMILES string of the molecule is COc1ccc(C2=NO[C@]3(C(=O)Nc4ccccc43)[C@H]2C(=O)c2ccco2)cc1OC. The standard InChI is InChI=1S/C23H18N2O6/c1-28-16-10-9-13(12-18(16)29-2)20-19(21(26)17-8-5-11-30-17)23(31-25-20)14-6-3-4-7-15(14)24-22(23)27/h3-12,19H,1-2H3,(H,24,27)/t19-,23+/m1/s1. The molecule has 0 saturated carbocycles. The molecule has 2 atom stereocenters. The Bertz CT molecular complexity index is 1220. The van der Waals surface area contributed by atoms with Crippen molar-refractivity contribution in [1.82, 2.24) is 0 Å². The van der Waals surface area contributed by atoms with Crippen LogP contribution in [0.1, 0.15) is 21.7 Å². The molecule has 31 heavy (non-hydrogen) atoms. The minimum atomic E-state index is -1.64. The number of amides is 1. The van der Waals surface area contributed by atoms with E-state index in [0.29, 0.717) is 34.0 Å². The summed E-state index contributed by atoms with van der Waals surface area (Å²) in [6.45, 7) is 0. The zero-order chi connectivity index (χ0) is 21.6. The molecule has 2 aromatic carbocycles. The number of fused-ring (bicyclic) bond motifs is 2. The lowest BCUT2D eigenvalue weighted by Crippen LogP contribution is -2.46. The van der Waals surface area contributed by atoms with Gasteiger partial charge in [0, 0.05) is 16.8 Å². The summed E-state index contributed by atoms with van der Waals surface area (Å²) in [7, 11) is 3.05. The van der Waals surface area contributed by atoms with Crippen LogP contribution in [0, 0.1) is 5.92 Å². The molecule has 1 N–H and O–H groups in total. The first-order chi connectivity index (χ1) is 15.1. The number of hydrogen-bond donors (Lipinski definition) is 1. The summed E-state index contributed by atoms with van der Waals surface area (Å²) in [6, 6.07) is 15.4. The van der Waals surface area contributed by atoms with Crippen molar-refractivity contribution in [3.05, 3.63) is 77.7 Å². The van der Waals surface area contributed by atoms with Crippen LogP contribution < -0.4 is 14.8 Å². The highest BCUT2D eigenvalue weighted by molar-refractivity contribution is 6.24. The van der Waals surface area contributed by atoms with E-state index in [1.54, 1.807) is 54.6 Å². The molecule has 8 nitrogen and oxygen atoms in total. The van der Waals surface area contributed by atoms with Crippen molar-refractivity contribution >= 4 is 23.1 Å². The molecule has 5 rings (SSSR count). The Labute approximate surface area is 177 Å². The first-order valence-electron chi connectivity index (χ1n) is 9.57. The molecule has 3 heterocycles. The molecule has 0 unspecified atom stereocenters. The lowest BCUT2D eigenvalue weighted by molar-refractivity contribution is -0.140. The minimum absolute atomic E-state index is 0.111. The Kier molecular flexibility index (Phi) is 4.28. The van der Waals surface area contributed by atoms with Crippen molar-refractivity contribution in [3.8, 4) is 11.5 Å². The number of anilines is 1. The predicted octanol–water partition coefficient (Wildman–Crippen LogP) is 3.38. The van der Waals surface area contributed by atoms with E-state index in [9.17, 15) is 9.59 Å². The summed E-state index contributed by atoms with van der Waals surface area (Å²) in [5, 5.41) is 7.04. The fourth-order valence-electron chi connectivity index (χ4n) is 4.13. The number of carbonyl (C=O) groups excluding carboxylic acids is 2. The van der Waals surface area contributed by atoms with Crippen LogP contribution in [-0.4, -0.2) is 31.6 Å². The monoisotopic (exact) mass is 418 g/mol.